The fourth-order valence-corrected chi connectivity index (χ4v) is 1.97. The number of amides is 2. The number of carbonyl (C=O) groups excluding carboxylic acids is 1. The normalized spacial score (nSPS) is 10.2. The Morgan fingerprint density at radius 1 is 1.36 bits per heavy atom. The molecule has 1 heterocycles. The molecule has 2 aromatic rings. The van der Waals surface area contributed by atoms with Gasteiger partial charge >= 0.3 is 6.03 Å². The summed E-state index contributed by atoms with van der Waals surface area (Å²) in [7, 11) is 3.05. The molecule has 1 aromatic carbocycles. The Hall–Kier alpha value is -3.15. The first-order chi connectivity index (χ1) is 11.9. The highest BCUT2D eigenvalue weighted by Gasteiger charge is 2.17. The van der Waals surface area contributed by atoms with Crippen LogP contribution in [0.2, 0.25) is 0 Å². The molecule has 25 heavy (non-hydrogen) atoms. The third-order valence-corrected chi connectivity index (χ3v) is 3.54. The number of nitrogens with one attached hydrogen (secondary N) is 1. The molecule has 1 aromatic heterocycles. The van der Waals surface area contributed by atoms with Gasteiger partial charge in [-0.3, -0.25) is 11.2 Å². The number of rotatable bonds is 5. The average Bonchev–Trinajstić information content (AvgIpc) is 2.60. The van der Waals surface area contributed by atoms with Crippen LogP contribution >= 0.6 is 0 Å². The molecule has 3 N–H and O–H groups in total. The highest BCUT2D eigenvalue weighted by Crippen LogP contribution is 2.21. The van der Waals surface area contributed by atoms with E-state index in [1.54, 1.807) is 0 Å². The summed E-state index contributed by atoms with van der Waals surface area (Å²) in [6.45, 7) is 2.05. The van der Waals surface area contributed by atoms with Crippen LogP contribution in [-0.2, 0) is 6.61 Å². The van der Waals surface area contributed by atoms with Crippen LogP contribution in [0.4, 0.5) is 10.6 Å². The molecule has 0 fully saturated rings. The lowest BCUT2D eigenvalue weighted by atomic mass is 10.2. The van der Waals surface area contributed by atoms with Gasteiger partial charge in [-0.05, 0) is 24.5 Å². The summed E-state index contributed by atoms with van der Waals surface area (Å²) in [5.41, 5.74) is 1.84. The van der Waals surface area contributed by atoms with Gasteiger partial charge in [0.2, 0.25) is 0 Å². The monoisotopic (exact) mass is 340 g/mol. The van der Waals surface area contributed by atoms with Gasteiger partial charge < -0.3 is 4.74 Å². The summed E-state index contributed by atoms with van der Waals surface area (Å²) >= 11 is 0. The first-order valence-corrected chi connectivity index (χ1v) is 7.46. The number of terminal acetylenes is 1. The second kappa shape index (κ2) is 8.10. The summed E-state index contributed by atoms with van der Waals surface area (Å²) in [6.07, 6.45) is 6.80. The van der Waals surface area contributed by atoms with Gasteiger partial charge in [0, 0.05) is 14.1 Å². The lowest BCUT2D eigenvalue weighted by molar-refractivity contribution is 0.0705. The molecule has 0 atom stereocenters. The Balaban J connectivity index is 2.25. The predicted octanol–water partition coefficient (Wildman–Crippen LogP) is 1.53. The van der Waals surface area contributed by atoms with Crippen LogP contribution in [0.25, 0.3) is 0 Å². The highest BCUT2D eigenvalue weighted by molar-refractivity contribution is 5.88. The number of hydrazine groups is 2. The molecule has 8 nitrogen and oxygen atoms in total. The summed E-state index contributed by atoms with van der Waals surface area (Å²) in [6, 6.07) is 7.12. The number of aromatic nitrogens is 2. The van der Waals surface area contributed by atoms with Crippen molar-refractivity contribution < 1.29 is 9.53 Å². The Labute approximate surface area is 146 Å². The zero-order valence-electron chi connectivity index (χ0n) is 14.4. The topological polar surface area (TPSA) is 96.6 Å². The molecule has 0 aliphatic heterocycles. The van der Waals surface area contributed by atoms with E-state index in [-0.39, 0.29) is 12.4 Å². The third kappa shape index (κ3) is 4.44. The molecule has 8 heteroatoms. The number of urea groups is 1. The Morgan fingerprint density at radius 3 is 2.72 bits per heavy atom. The molecule has 0 unspecified atom stereocenters. The van der Waals surface area contributed by atoms with Crippen LogP contribution in [0.5, 0.6) is 5.75 Å². The van der Waals surface area contributed by atoms with Crippen molar-refractivity contribution in [3.63, 3.8) is 0 Å². The standard InChI is InChI=1S/C17H20N6O2/c1-5-14-13(10-25-15-9-7-6-8-12(15)2)16(20-11-19-14)21-17(24)22(3)23(4)18/h1,6-9,11H,10,18H2,2-4H3,(H,19,20,21,24). The van der Waals surface area contributed by atoms with E-state index in [4.69, 9.17) is 17.0 Å². The van der Waals surface area contributed by atoms with Gasteiger partial charge in [0.1, 0.15) is 30.2 Å². The van der Waals surface area contributed by atoms with E-state index in [1.165, 1.54) is 25.4 Å². The predicted molar refractivity (Wildman–Crippen MR) is 94.2 cm³/mol. The average molecular weight is 340 g/mol. The van der Waals surface area contributed by atoms with Crippen LogP contribution in [-0.4, -0.2) is 40.2 Å². The van der Waals surface area contributed by atoms with Gasteiger partial charge in [-0.2, -0.15) is 5.12 Å². The minimum absolute atomic E-state index is 0.114. The SMILES string of the molecule is C#Cc1ncnc(NC(=O)N(C)N(C)N)c1COc1ccccc1C. The van der Waals surface area contributed by atoms with E-state index < -0.39 is 6.03 Å². The molecular formula is C17H20N6O2. The Kier molecular flexibility index (Phi) is 5.89. The van der Waals surface area contributed by atoms with Gasteiger partial charge in [-0.1, -0.05) is 18.2 Å². The Bertz CT molecular complexity index is 800. The number of anilines is 1. The molecule has 0 spiro atoms. The lowest BCUT2D eigenvalue weighted by Crippen LogP contribution is -2.47. The first kappa shape index (κ1) is 18.2. The molecule has 0 radical (unpaired) electrons. The smallest absolute Gasteiger partial charge is 0.338 e. The van der Waals surface area contributed by atoms with E-state index in [2.05, 4.69) is 21.2 Å². The van der Waals surface area contributed by atoms with Crippen molar-refractivity contribution in [1.29, 1.82) is 0 Å². The number of hydrogen-bond donors (Lipinski definition) is 2. The molecule has 0 bridgehead atoms. The molecule has 0 saturated carbocycles. The van der Waals surface area contributed by atoms with Gasteiger partial charge in [0.25, 0.3) is 0 Å². The quantitative estimate of drug-likeness (QED) is 0.487. The second-order valence-electron chi connectivity index (χ2n) is 5.28. The van der Waals surface area contributed by atoms with Crippen LogP contribution in [0, 0.1) is 19.3 Å². The van der Waals surface area contributed by atoms with Crippen molar-refractivity contribution in [1.82, 2.24) is 20.1 Å². The summed E-state index contributed by atoms with van der Waals surface area (Å²) in [5.74, 6) is 9.01. The molecule has 0 aliphatic carbocycles. The number of para-hydroxylation sites is 1. The number of nitrogens with two attached hydrogens (primary N) is 1. The largest absolute Gasteiger partial charge is 0.488 e. The maximum Gasteiger partial charge on any atom is 0.338 e. The molecule has 0 saturated heterocycles. The van der Waals surface area contributed by atoms with Crippen LogP contribution in [0.3, 0.4) is 0 Å². The molecule has 130 valence electrons. The maximum absolute atomic E-state index is 12.2. The van der Waals surface area contributed by atoms with Crippen molar-refractivity contribution in [3.8, 4) is 18.1 Å². The first-order valence-electron chi connectivity index (χ1n) is 7.46. The number of hydrogen-bond acceptors (Lipinski definition) is 6. The van der Waals surface area contributed by atoms with E-state index in [9.17, 15) is 4.79 Å². The summed E-state index contributed by atoms with van der Waals surface area (Å²) < 4.78 is 5.82. The van der Waals surface area contributed by atoms with Crippen molar-refractivity contribution >= 4 is 11.8 Å². The minimum atomic E-state index is -0.469. The number of carbonyl (C=O) groups is 1. The van der Waals surface area contributed by atoms with Crippen molar-refractivity contribution in [2.45, 2.75) is 13.5 Å². The van der Waals surface area contributed by atoms with Gasteiger partial charge in [0.15, 0.2) is 0 Å². The van der Waals surface area contributed by atoms with Crippen molar-refractivity contribution in [2.24, 2.45) is 5.84 Å². The number of ether oxygens (including phenoxy) is 1. The molecule has 2 amide bonds. The third-order valence-electron chi connectivity index (χ3n) is 3.54. The molecule has 0 aliphatic rings. The van der Waals surface area contributed by atoms with Crippen molar-refractivity contribution in [3.05, 3.63) is 47.4 Å². The zero-order chi connectivity index (χ0) is 18.4. The lowest BCUT2D eigenvalue weighted by Gasteiger charge is -2.24. The van der Waals surface area contributed by atoms with E-state index in [1.807, 2.05) is 31.2 Å². The second-order valence-corrected chi connectivity index (χ2v) is 5.28. The van der Waals surface area contributed by atoms with Gasteiger partial charge in [-0.25, -0.2) is 19.8 Å². The molecule has 2 rings (SSSR count). The maximum atomic E-state index is 12.2. The van der Waals surface area contributed by atoms with Gasteiger partial charge in [-0.15, -0.1) is 6.42 Å². The van der Waals surface area contributed by atoms with E-state index in [0.717, 1.165) is 10.7 Å². The zero-order valence-corrected chi connectivity index (χ0v) is 14.4. The van der Waals surface area contributed by atoms with E-state index >= 15 is 0 Å². The fraction of sp³-hybridized carbons (Fsp3) is 0.235. The highest BCUT2D eigenvalue weighted by atomic mass is 16.5. The van der Waals surface area contributed by atoms with Crippen LogP contribution in [0.1, 0.15) is 16.8 Å². The minimum Gasteiger partial charge on any atom is -0.488 e. The number of nitrogens with zero attached hydrogens (tertiary/aromatic N) is 4. The van der Waals surface area contributed by atoms with Crippen LogP contribution < -0.4 is 15.9 Å². The fourth-order valence-electron chi connectivity index (χ4n) is 1.97. The van der Waals surface area contributed by atoms with Crippen molar-refractivity contribution in [2.75, 3.05) is 19.4 Å². The number of aryl methyl sites for hydroxylation is 1. The summed E-state index contributed by atoms with van der Waals surface area (Å²) in [4.78, 5) is 20.3. The van der Waals surface area contributed by atoms with Crippen LogP contribution in [0.15, 0.2) is 30.6 Å². The van der Waals surface area contributed by atoms with Gasteiger partial charge in [0.05, 0.1) is 5.56 Å². The Morgan fingerprint density at radius 2 is 2.08 bits per heavy atom. The molecular weight excluding hydrogens is 320 g/mol. The summed E-state index contributed by atoms with van der Waals surface area (Å²) in [5, 5.41) is 4.98. The van der Waals surface area contributed by atoms with E-state index in [0.29, 0.717) is 17.0 Å². The number of benzene rings is 1.